The third-order valence-electron chi connectivity index (χ3n) is 21.3. The zero-order chi connectivity index (χ0) is 102. The third-order valence-corrected chi connectivity index (χ3v) is 21.3. The fraction of sp³-hybridized carbons (Fsp3) is 0.696. The van der Waals surface area contributed by atoms with Crippen LogP contribution < -0.4 is 141 Å². The van der Waals surface area contributed by atoms with Crippen LogP contribution in [0.25, 0.3) is 0 Å². The molecule has 2 aliphatic heterocycles. The first-order chi connectivity index (χ1) is 62.7. The van der Waals surface area contributed by atoms with Crippen molar-refractivity contribution in [3.05, 3.63) is 0 Å². The summed E-state index contributed by atoms with van der Waals surface area (Å²) in [7, 11) is 0. The van der Waals surface area contributed by atoms with E-state index in [1.54, 1.807) is 55.4 Å². The minimum atomic E-state index is -1.97. The van der Waals surface area contributed by atoms with Gasteiger partial charge in [-0.2, -0.15) is 0 Å². The van der Waals surface area contributed by atoms with E-state index < -0.39 is 277 Å². The molecule has 0 spiro atoms. The average molecular weight is 1910 g/mol. The van der Waals surface area contributed by atoms with E-state index in [1.165, 1.54) is 18.7 Å². The van der Waals surface area contributed by atoms with Gasteiger partial charge in [0, 0.05) is 45.8 Å². The monoisotopic (exact) mass is 1900 g/mol. The van der Waals surface area contributed by atoms with Crippen molar-refractivity contribution in [2.45, 2.75) is 269 Å². The molecule has 754 valence electrons. The molecule has 2 heterocycles. The summed E-state index contributed by atoms with van der Waals surface area (Å²) in [5.74, 6) is -23.9. The lowest BCUT2D eigenvalue weighted by Crippen LogP contribution is -2.62. The number of guanidine groups is 5. The molecular formula is C79H141N33O22. The third kappa shape index (κ3) is 42.2. The molecule has 0 saturated carbocycles. The first-order valence-electron chi connectivity index (χ1n) is 44.0. The maximum atomic E-state index is 14.7. The van der Waals surface area contributed by atoms with Crippen molar-refractivity contribution >= 4 is 142 Å². The number of carbonyl (C=O) groups is 19. The smallest absolute Gasteiger partial charge is 0.326 e. The van der Waals surface area contributed by atoms with Gasteiger partial charge in [0.2, 0.25) is 100 Å². The van der Waals surface area contributed by atoms with Gasteiger partial charge in [-0.05, 0) is 127 Å². The molecule has 2 saturated heterocycles. The molecular weight excluding hydrogens is 1760 g/mol. The van der Waals surface area contributed by atoms with Crippen LogP contribution >= 0.6 is 0 Å². The Morgan fingerprint density at radius 3 is 1.03 bits per heavy atom. The maximum absolute atomic E-state index is 14.7. The highest BCUT2D eigenvalue weighted by molar-refractivity contribution is 6.02. The van der Waals surface area contributed by atoms with Gasteiger partial charge in [-0.15, -0.1) is 0 Å². The summed E-state index contributed by atoms with van der Waals surface area (Å²) in [4.78, 5) is 263. The van der Waals surface area contributed by atoms with E-state index in [4.69, 9.17) is 67.2 Å². The standard InChI is InChI=1S/C79H141N33O22/c1-36(2)55(81)69(128)104-46(22-15-29-96-79(90)91)61(120)101-44(20-13-27-94-77(86)87)64(123)107-49(35-113)60(119)97-34-53(115)100-42(18-11-25-92-75(82)83)65(124)108-56(37(3)4)70(129)109-57(38(5)6)71(130)110-58(39(7)8)73(132)112-31-17-23-50(112)67(126)98-40(9)59(118)99-41(10)72(131)111-30-16-24-51(111)68(127)103-45(21-14-28-95-78(88)89)62(121)105-47(32-52(80)114)66(125)102-43(19-12-26-93-76(84)85)63(122)106-48(74(133)134)33-54(116)117/h36-51,55-58,113H,11-35,81H2,1-10H3,(H2,80,114)(H,97,119)(H,98,126)(H,99,118)(H,100,115)(H,101,120)(H,102,125)(H,103,127)(H,104,128)(H,105,121)(H,106,122)(H,107,123)(H,108,124)(H,109,129)(H,110,130)(H,116,117)(H,133,134)(H4,82,83,92)(H4,84,85,93)(H4,86,87,94)(H4,88,89,95)(H4,90,91,96)/t40-,41-,42-,43-,44-,45-,46-,47-,48-,49-,50-,51-,55-,56-,57-,58-/m0/s1. The van der Waals surface area contributed by atoms with E-state index in [0.29, 0.717) is 6.42 Å². The van der Waals surface area contributed by atoms with Crippen LogP contribution in [0.2, 0.25) is 0 Å². The molecule has 17 amide bonds. The van der Waals surface area contributed by atoms with Crippen LogP contribution in [0.15, 0.2) is 0 Å². The molecule has 2 aliphatic rings. The van der Waals surface area contributed by atoms with Crippen molar-refractivity contribution < 1.29 is 106 Å². The number of aliphatic carboxylic acids is 2. The van der Waals surface area contributed by atoms with Crippen LogP contribution in [0.5, 0.6) is 0 Å². The molecule has 0 bridgehead atoms. The zero-order valence-corrected chi connectivity index (χ0v) is 77.3. The lowest BCUT2D eigenvalue weighted by Gasteiger charge is -2.33. The van der Waals surface area contributed by atoms with Gasteiger partial charge in [-0.3, -0.25) is 113 Å². The summed E-state index contributed by atoms with van der Waals surface area (Å²) in [6, 6.07) is -23.5. The molecule has 0 aliphatic carbocycles. The highest BCUT2D eigenvalue weighted by atomic mass is 16.4. The highest BCUT2D eigenvalue weighted by Crippen LogP contribution is 2.23. The average Bonchev–Trinajstić information content (AvgIpc) is 1.64. The van der Waals surface area contributed by atoms with E-state index >= 15 is 0 Å². The largest absolute Gasteiger partial charge is 0.481 e. The molecule has 0 aromatic carbocycles. The topological polar surface area (TPSA) is 921 Å². The van der Waals surface area contributed by atoms with E-state index in [9.17, 15) is 106 Å². The van der Waals surface area contributed by atoms with Crippen LogP contribution in [-0.2, 0) is 91.1 Å². The van der Waals surface area contributed by atoms with Crippen molar-refractivity contribution in [2.24, 2.45) is 63.8 Å². The van der Waals surface area contributed by atoms with Crippen molar-refractivity contribution in [3.63, 3.8) is 0 Å². The Bertz CT molecular complexity index is 4140. The number of nitrogens with one attached hydrogen (secondary N) is 24. The van der Waals surface area contributed by atoms with Crippen molar-refractivity contribution in [3.8, 4) is 0 Å². The quantitative estimate of drug-likeness (QED) is 0.0153. The van der Waals surface area contributed by atoms with Gasteiger partial charge in [-0.25, -0.2) is 4.79 Å². The number of carboxylic acids is 2. The molecule has 0 aromatic rings. The molecule has 0 radical (unpaired) electrons. The Morgan fingerprint density at radius 2 is 0.664 bits per heavy atom. The number of likely N-dealkylation sites (tertiary alicyclic amines) is 2. The Balaban J connectivity index is 2.32. The predicted octanol–water partition coefficient (Wildman–Crippen LogP) is -11.9. The molecule has 2 rings (SSSR count). The maximum Gasteiger partial charge on any atom is 0.326 e. The number of nitrogens with two attached hydrogens (primary N) is 7. The summed E-state index contributed by atoms with van der Waals surface area (Å²) in [6.07, 6.45) is -1.89. The van der Waals surface area contributed by atoms with Gasteiger partial charge in [0.1, 0.15) is 90.6 Å². The number of carbonyl (C=O) groups excluding carboxylic acids is 17. The molecule has 16 atom stereocenters. The lowest BCUT2D eigenvalue weighted by molar-refractivity contribution is -0.147. The number of hydrogen-bond donors (Lipinski definition) is 34. The van der Waals surface area contributed by atoms with Gasteiger partial charge in [0.25, 0.3) is 0 Å². The Labute approximate surface area is 774 Å². The van der Waals surface area contributed by atoms with Crippen LogP contribution in [-0.4, -0.2) is 323 Å². The first-order valence-corrected chi connectivity index (χ1v) is 44.0. The van der Waals surface area contributed by atoms with Crippen LogP contribution in [0.1, 0.15) is 172 Å². The van der Waals surface area contributed by atoms with Crippen molar-refractivity contribution in [2.75, 3.05) is 59.0 Å². The second-order valence-corrected chi connectivity index (χ2v) is 33.8. The molecule has 55 nitrogen and oxygen atoms in total. The van der Waals surface area contributed by atoms with Crippen molar-refractivity contribution in [1.29, 1.82) is 27.0 Å². The fourth-order valence-electron chi connectivity index (χ4n) is 13.8. The molecule has 55 heteroatoms. The minimum Gasteiger partial charge on any atom is -0.481 e. The SMILES string of the molecule is CC(C)[C@H](N)C(=O)N[C@@H](CCCNC(=N)N)C(=O)N[C@@H](CCCNC(=N)N)C(=O)N[C@@H](CO)C(=O)NCC(=O)N[C@@H](CCCNC(=N)N)C(=O)N[C@H](C(=O)N[C@H](C(=O)N[C@H](C(=O)N1CCC[C@H]1C(=O)N[C@@H](C)C(=O)N[C@@H](C)C(=O)N1CCC[C@H]1C(=O)N[C@@H](CCCNC(=N)N)C(=O)N[C@@H](CC(N)=O)C(=O)N[C@@H](CCCNC(=N)N)C(=O)N[C@@H](CC(=O)O)C(=O)O)C(C)C)C(C)C)C(C)C. The number of nitrogens with zero attached hydrogens (tertiary/aromatic N) is 2. The summed E-state index contributed by atoms with van der Waals surface area (Å²) in [6.45, 7) is 13.7. The first kappa shape index (κ1) is 116. The summed E-state index contributed by atoms with van der Waals surface area (Å²) < 4.78 is 0. The van der Waals surface area contributed by atoms with Crippen LogP contribution in [0.3, 0.4) is 0 Å². The Hall–Kier alpha value is -13.8. The number of amides is 17. The summed E-state index contributed by atoms with van der Waals surface area (Å²) in [5, 5.41) is 114. The minimum absolute atomic E-state index is 0.0125. The number of primary amides is 1. The molecule has 41 N–H and O–H groups in total. The number of rotatable bonds is 60. The van der Waals surface area contributed by atoms with Crippen LogP contribution in [0.4, 0.5) is 0 Å². The van der Waals surface area contributed by atoms with Gasteiger partial charge in [0.05, 0.1) is 32.0 Å². The number of aliphatic hydroxyl groups is 1. The van der Waals surface area contributed by atoms with E-state index in [-0.39, 0.29) is 141 Å². The summed E-state index contributed by atoms with van der Waals surface area (Å²) >= 11 is 0. The van der Waals surface area contributed by atoms with E-state index in [0.717, 1.165) is 4.90 Å². The highest BCUT2D eigenvalue weighted by Gasteiger charge is 2.44. The van der Waals surface area contributed by atoms with E-state index in [2.05, 4.69) is 95.7 Å². The summed E-state index contributed by atoms with van der Waals surface area (Å²) in [5.41, 5.74) is 38.6. The van der Waals surface area contributed by atoms with Gasteiger partial charge < -0.3 is 166 Å². The second-order valence-electron chi connectivity index (χ2n) is 33.8. The fourth-order valence-corrected chi connectivity index (χ4v) is 13.8. The number of aliphatic hydroxyl groups excluding tert-OH is 1. The van der Waals surface area contributed by atoms with Crippen molar-refractivity contribution in [1.82, 2.24) is 111 Å². The van der Waals surface area contributed by atoms with Gasteiger partial charge in [-0.1, -0.05) is 55.4 Å². The number of carboxylic acid groups (broad SMARTS) is 2. The normalized spacial score (nSPS) is 16.5. The Kier molecular flexibility index (Phi) is 51.1. The molecule has 2 fully saturated rings. The Morgan fingerprint density at radius 1 is 0.336 bits per heavy atom. The number of hydrogen-bond acceptors (Lipinski definition) is 26. The molecule has 0 aromatic heterocycles. The van der Waals surface area contributed by atoms with Gasteiger partial charge >= 0.3 is 11.9 Å². The molecule has 134 heavy (non-hydrogen) atoms. The molecule has 0 unspecified atom stereocenters. The van der Waals surface area contributed by atoms with Crippen LogP contribution in [0, 0.1) is 50.7 Å². The lowest BCUT2D eigenvalue weighted by atomic mass is 9.97. The second kappa shape index (κ2) is 58.9. The van der Waals surface area contributed by atoms with Gasteiger partial charge in [0.15, 0.2) is 29.8 Å². The predicted molar refractivity (Wildman–Crippen MR) is 483 cm³/mol. The zero-order valence-electron chi connectivity index (χ0n) is 77.3. The van der Waals surface area contributed by atoms with E-state index in [1.807, 2.05) is 5.32 Å².